The highest BCUT2D eigenvalue weighted by molar-refractivity contribution is 5.81. The lowest BCUT2D eigenvalue weighted by atomic mass is 10.1. The average molecular weight is 423 g/mol. The topological polar surface area (TPSA) is 172 Å². The fraction of sp³-hybridized carbons (Fsp3) is 0.611. The predicted molar refractivity (Wildman–Crippen MR) is 102 cm³/mol. The summed E-state index contributed by atoms with van der Waals surface area (Å²) in [7, 11) is 0. The Balaban J connectivity index is 1.56. The first-order valence-corrected chi connectivity index (χ1v) is 9.39. The first kappa shape index (κ1) is 21.9. The maximum Gasteiger partial charge on any atom is 0.306 e. The number of fused-ring (bicyclic) bond motifs is 1. The molecule has 0 radical (unpaired) electrons. The molecule has 2 aromatic heterocycles. The first-order chi connectivity index (χ1) is 14.1. The summed E-state index contributed by atoms with van der Waals surface area (Å²) < 4.78 is 17.3. The molecule has 1 aliphatic heterocycles. The van der Waals surface area contributed by atoms with Gasteiger partial charge in [-0.05, 0) is 20.8 Å². The molecular weight excluding hydrogens is 398 g/mol. The van der Waals surface area contributed by atoms with Crippen molar-refractivity contribution in [3.8, 4) is 0 Å². The van der Waals surface area contributed by atoms with Crippen LogP contribution in [-0.4, -0.2) is 72.2 Å². The minimum Gasteiger partial charge on any atom is -0.463 e. The van der Waals surface area contributed by atoms with E-state index in [1.165, 1.54) is 17.2 Å². The van der Waals surface area contributed by atoms with E-state index in [0.717, 1.165) is 0 Å². The van der Waals surface area contributed by atoms with Gasteiger partial charge in [0, 0.05) is 0 Å². The van der Waals surface area contributed by atoms with Crippen LogP contribution in [0.3, 0.4) is 0 Å². The van der Waals surface area contributed by atoms with Gasteiger partial charge in [0.25, 0.3) is 0 Å². The smallest absolute Gasteiger partial charge is 0.306 e. The van der Waals surface area contributed by atoms with Crippen molar-refractivity contribution in [3.05, 3.63) is 12.7 Å². The number of aromatic nitrogens is 4. The second kappa shape index (κ2) is 8.50. The van der Waals surface area contributed by atoms with Gasteiger partial charge in [-0.3, -0.25) is 14.2 Å². The molecule has 0 saturated carbocycles. The van der Waals surface area contributed by atoms with Gasteiger partial charge in [-0.1, -0.05) is 0 Å². The maximum atomic E-state index is 11.9. The van der Waals surface area contributed by atoms with Crippen molar-refractivity contribution in [2.24, 2.45) is 0 Å². The summed E-state index contributed by atoms with van der Waals surface area (Å²) in [5.74, 6) is -0.995. The average Bonchev–Trinajstić information content (AvgIpc) is 3.20. The quantitative estimate of drug-likeness (QED) is 0.520. The highest BCUT2D eigenvalue weighted by Gasteiger charge is 2.45. The standard InChI is InChI=1S/C18H25N5O7/c1-18(2,3)30-11(25)5-4-10(24)28-6-9-13(26)14(27)17(29-9)23-8-22-12-15(19)20-7-21-16(12)23/h7-9,13-14,17,26-27H,4-6H2,1-3H3,(H2,19,20,21). The van der Waals surface area contributed by atoms with Crippen LogP contribution in [0.2, 0.25) is 0 Å². The van der Waals surface area contributed by atoms with Gasteiger partial charge in [0.2, 0.25) is 0 Å². The summed E-state index contributed by atoms with van der Waals surface area (Å²) in [6.45, 7) is 4.89. The number of ether oxygens (including phenoxy) is 3. The van der Waals surface area contributed by atoms with Gasteiger partial charge in [0.05, 0.1) is 19.2 Å². The van der Waals surface area contributed by atoms with Crippen molar-refractivity contribution >= 4 is 28.9 Å². The van der Waals surface area contributed by atoms with E-state index < -0.39 is 42.1 Å². The van der Waals surface area contributed by atoms with E-state index in [-0.39, 0.29) is 25.3 Å². The Morgan fingerprint density at radius 1 is 1.17 bits per heavy atom. The second-order valence-corrected chi connectivity index (χ2v) is 7.90. The lowest BCUT2D eigenvalue weighted by molar-refractivity contribution is -0.159. The Labute approximate surface area is 172 Å². The SMILES string of the molecule is CC(C)(C)OC(=O)CCC(=O)OCC1OC(n2cnc3c(N)ncnc32)C(O)C1O. The molecule has 4 N–H and O–H groups in total. The number of imidazole rings is 1. The summed E-state index contributed by atoms with van der Waals surface area (Å²) in [6.07, 6.45) is -2.31. The lowest BCUT2D eigenvalue weighted by Crippen LogP contribution is -2.34. The van der Waals surface area contributed by atoms with Crippen molar-refractivity contribution < 1.29 is 34.0 Å². The number of esters is 2. The summed E-state index contributed by atoms with van der Waals surface area (Å²) in [4.78, 5) is 35.6. The third-order valence-corrected chi connectivity index (χ3v) is 4.36. The van der Waals surface area contributed by atoms with Crippen LogP contribution in [-0.2, 0) is 23.8 Å². The number of hydrogen-bond donors (Lipinski definition) is 3. The van der Waals surface area contributed by atoms with E-state index in [2.05, 4.69) is 15.0 Å². The normalized spacial score (nSPS) is 24.2. The zero-order chi connectivity index (χ0) is 22.1. The summed E-state index contributed by atoms with van der Waals surface area (Å²) >= 11 is 0. The van der Waals surface area contributed by atoms with Crippen LogP contribution in [0, 0.1) is 0 Å². The second-order valence-electron chi connectivity index (χ2n) is 7.90. The Bertz CT molecular complexity index is 925. The number of anilines is 1. The molecule has 0 aliphatic carbocycles. The Morgan fingerprint density at radius 2 is 1.87 bits per heavy atom. The minimum absolute atomic E-state index is 0.127. The molecule has 0 amide bonds. The fourth-order valence-corrected chi connectivity index (χ4v) is 3.00. The molecule has 0 bridgehead atoms. The fourth-order valence-electron chi connectivity index (χ4n) is 3.00. The number of hydrogen-bond acceptors (Lipinski definition) is 11. The molecule has 1 fully saturated rings. The van der Waals surface area contributed by atoms with Gasteiger partial charge in [0.1, 0.15) is 42.4 Å². The number of nitrogens with two attached hydrogens (primary N) is 1. The number of rotatable bonds is 6. The van der Waals surface area contributed by atoms with Crippen LogP contribution in [0.15, 0.2) is 12.7 Å². The molecule has 3 rings (SSSR count). The Hall–Kier alpha value is -2.83. The summed E-state index contributed by atoms with van der Waals surface area (Å²) in [6, 6.07) is 0. The molecule has 1 aliphatic rings. The van der Waals surface area contributed by atoms with Crippen LogP contribution in [0.1, 0.15) is 39.8 Å². The van der Waals surface area contributed by atoms with E-state index in [4.69, 9.17) is 19.9 Å². The highest BCUT2D eigenvalue weighted by Crippen LogP contribution is 2.32. The number of nitrogens with zero attached hydrogens (tertiary/aromatic N) is 4. The van der Waals surface area contributed by atoms with Gasteiger partial charge in [-0.15, -0.1) is 0 Å². The van der Waals surface area contributed by atoms with Gasteiger partial charge in [-0.25, -0.2) is 15.0 Å². The van der Waals surface area contributed by atoms with E-state index in [1.807, 2.05) is 0 Å². The molecule has 2 aromatic rings. The Morgan fingerprint density at radius 3 is 2.57 bits per heavy atom. The van der Waals surface area contributed by atoms with Crippen LogP contribution < -0.4 is 5.73 Å². The molecule has 12 nitrogen and oxygen atoms in total. The van der Waals surface area contributed by atoms with E-state index in [0.29, 0.717) is 11.2 Å². The zero-order valence-electron chi connectivity index (χ0n) is 16.9. The third kappa shape index (κ3) is 4.83. The van der Waals surface area contributed by atoms with Crippen molar-refractivity contribution in [1.82, 2.24) is 19.5 Å². The summed E-state index contributed by atoms with van der Waals surface area (Å²) in [5, 5.41) is 20.7. The molecule has 0 aromatic carbocycles. The van der Waals surface area contributed by atoms with Crippen molar-refractivity contribution in [1.29, 1.82) is 0 Å². The number of aliphatic hydroxyl groups is 2. The molecule has 4 atom stereocenters. The molecule has 30 heavy (non-hydrogen) atoms. The van der Waals surface area contributed by atoms with Gasteiger partial charge in [0.15, 0.2) is 17.7 Å². The van der Waals surface area contributed by atoms with Gasteiger partial charge in [-0.2, -0.15) is 0 Å². The van der Waals surface area contributed by atoms with Crippen molar-refractivity contribution in [2.75, 3.05) is 12.3 Å². The molecule has 3 heterocycles. The molecule has 164 valence electrons. The largest absolute Gasteiger partial charge is 0.463 e. The molecule has 4 unspecified atom stereocenters. The lowest BCUT2D eigenvalue weighted by Gasteiger charge is -2.19. The van der Waals surface area contributed by atoms with Crippen molar-refractivity contribution in [2.45, 2.75) is 63.8 Å². The van der Waals surface area contributed by atoms with E-state index >= 15 is 0 Å². The summed E-state index contributed by atoms with van der Waals surface area (Å²) in [5.41, 5.74) is 5.77. The number of carbonyl (C=O) groups is 2. The van der Waals surface area contributed by atoms with E-state index in [9.17, 15) is 19.8 Å². The number of aliphatic hydroxyl groups excluding tert-OH is 2. The van der Waals surface area contributed by atoms with Crippen LogP contribution in [0.25, 0.3) is 11.2 Å². The minimum atomic E-state index is -1.32. The molecular formula is C18H25N5O7. The number of nitrogen functional groups attached to an aromatic ring is 1. The predicted octanol–water partition coefficient (Wildman–Crippen LogP) is -0.307. The Kier molecular flexibility index (Phi) is 6.19. The third-order valence-electron chi connectivity index (χ3n) is 4.36. The van der Waals surface area contributed by atoms with Crippen LogP contribution in [0.4, 0.5) is 5.82 Å². The maximum absolute atomic E-state index is 11.9. The van der Waals surface area contributed by atoms with Gasteiger partial charge >= 0.3 is 11.9 Å². The first-order valence-electron chi connectivity index (χ1n) is 9.39. The van der Waals surface area contributed by atoms with E-state index in [1.54, 1.807) is 20.8 Å². The van der Waals surface area contributed by atoms with Crippen LogP contribution >= 0.6 is 0 Å². The molecule has 0 spiro atoms. The highest BCUT2D eigenvalue weighted by atomic mass is 16.6. The molecule has 12 heteroatoms. The van der Waals surface area contributed by atoms with Crippen LogP contribution in [0.5, 0.6) is 0 Å². The monoisotopic (exact) mass is 423 g/mol. The zero-order valence-corrected chi connectivity index (χ0v) is 16.9. The molecule has 1 saturated heterocycles. The van der Waals surface area contributed by atoms with Crippen molar-refractivity contribution in [3.63, 3.8) is 0 Å². The number of carbonyl (C=O) groups excluding carboxylic acids is 2. The van der Waals surface area contributed by atoms with Gasteiger partial charge < -0.3 is 30.2 Å².